The molecule has 0 spiro atoms. The standard InChI is InChI=1S/C13H18BrClN2O/c1-8(2)12-6-9(3-4-18-12)17-10-5-11(14)13(15)16-7-10/h5,7-9,12,17H,3-4,6H2,1-2H3. The molecule has 100 valence electrons. The molecule has 0 saturated carbocycles. The van der Waals surface area contributed by atoms with Gasteiger partial charge in [-0.1, -0.05) is 25.4 Å². The minimum Gasteiger partial charge on any atom is -0.381 e. The van der Waals surface area contributed by atoms with Crippen molar-refractivity contribution in [1.82, 2.24) is 4.98 Å². The zero-order valence-electron chi connectivity index (χ0n) is 10.6. The topological polar surface area (TPSA) is 34.2 Å². The van der Waals surface area contributed by atoms with Crippen molar-refractivity contribution in [2.45, 2.75) is 38.8 Å². The molecule has 2 rings (SSSR count). The van der Waals surface area contributed by atoms with Crippen molar-refractivity contribution in [2.24, 2.45) is 5.92 Å². The van der Waals surface area contributed by atoms with Gasteiger partial charge in [-0.3, -0.25) is 0 Å². The average molecular weight is 334 g/mol. The first-order valence-corrected chi connectivity index (χ1v) is 7.42. The highest BCUT2D eigenvalue weighted by Gasteiger charge is 2.24. The Bertz CT molecular complexity index is 414. The van der Waals surface area contributed by atoms with Crippen LogP contribution >= 0.6 is 27.5 Å². The molecule has 1 aliphatic rings. The highest BCUT2D eigenvalue weighted by molar-refractivity contribution is 9.10. The fourth-order valence-corrected chi connectivity index (χ4v) is 2.61. The van der Waals surface area contributed by atoms with Gasteiger partial charge in [0.05, 0.1) is 22.5 Å². The third-order valence-corrected chi connectivity index (χ3v) is 4.36. The van der Waals surface area contributed by atoms with Crippen molar-refractivity contribution >= 4 is 33.2 Å². The van der Waals surface area contributed by atoms with E-state index in [1.807, 2.05) is 6.07 Å². The first-order valence-electron chi connectivity index (χ1n) is 6.25. The summed E-state index contributed by atoms with van der Waals surface area (Å²) in [5.74, 6) is 0.560. The van der Waals surface area contributed by atoms with Crippen molar-refractivity contribution in [3.63, 3.8) is 0 Å². The third-order valence-electron chi connectivity index (χ3n) is 3.23. The van der Waals surface area contributed by atoms with Crippen LogP contribution in [0.25, 0.3) is 0 Å². The van der Waals surface area contributed by atoms with Crippen LogP contribution in [0.1, 0.15) is 26.7 Å². The van der Waals surface area contributed by atoms with Crippen molar-refractivity contribution < 1.29 is 4.74 Å². The van der Waals surface area contributed by atoms with Gasteiger partial charge < -0.3 is 10.1 Å². The quantitative estimate of drug-likeness (QED) is 0.845. The average Bonchev–Trinajstić information content (AvgIpc) is 2.34. The molecule has 1 N–H and O–H groups in total. The van der Waals surface area contributed by atoms with E-state index in [4.69, 9.17) is 16.3 Å². The maximum Gasteiger partial charge on any atom is 0.143 e. The zero-order chi connectivity index (χ0) is 13.1. The van der Waals surface area contributed by atoms with E-state index in [2.05, 4.69) is 40.1 Å². The molecule has 1 aromatic heterocycles. The molecule has 2 atom stereocenters. The van der Waals surface area contributed by atoms with Gasteiger partial charge in [-0.15, -0.1) is 0 Å². The van der Waals surface area contributed by atoms with Crippen LogP contribution < -0.4 is 5.32 Å². The van der Waals surface area contributed by atoms with E-state index < -0.39 is 0 Å². The van der Waals surface area contributed by atoms with Gasteiger partial charge in [0.2, 0.25) is 0 Å². The van der Waals surface area contributed by atoms with Crippen molar-refractivity contribution in [3.8, 4) is 0 Å². The van der Waals surface area contributed by atoms with Crippen LogP contribution in [0.3, 0.4) is 0 Å². The molecule has 1 saturated heterocycles. The SMILES string of the molecule is CC(C)C1CC(Nc2cnc(Cl)c(Br)c2)CCO1. The predicted molar refractivity (Wildman–Crippen MR) is 78.2 cm³/mol. The maximum atomic E-state index is 5.88. The maximum absolute atomic E-state index is 5.88. The summed E-state index contributed by atoms with van der Waals surface area (Å²) in [5, 5.41) is 4.00. The van der Waals surface area contributed by atoms with E-state index in [0.717, 1.165) is 29.6 Å². The van der Waals surface area contributed by atoms with E-state index in [1.54, 1.807) is 6.20 Å². The van der Waals surface area contributed by atoms with Gasteiger partial charge in [0.1, 0.15) is 5.15 Å². The second kappa shape index (κ2) is 6.22. The third kappa shape index (κ3) is 3.59. The Balaban J connectivity index is 1.98. The van der Waals surface area contributed by atoms with Gasteiger partial charge in [0.15, 0.2) is 0 Å². The Morgan fingerprint density at radius 1 is 1.56 bits per heavy atom. The number of aromatic nitrogens is 1. The molecule has 3 nitrogen and oxygen atoms in total. The summed E-state index contributed by atoms with van der Waals surface area (Å²) in [5.41, 5.74) is 1.00. The van der Waals surface area contributed by atoms with E-state index in [9.17, 15) is 0 Å². The van der Waals surface area contributed by atoms with Crippen LogP contribution in [0, 0.1) is 5.92 Å². The number of nitrogens with one attached hydrogen (secondary N) is 1. The smallest absolute Gasteiger partial charge is 0.143 e. The van der Waals surface area contributed by atoms with Gasteiger partial charge >= 0.3 is 0 Å². The molecule has 5 heteroatoms. The Morgan fingerprint density at radius 2 is 2.33 bits per heavy atom. The summed E-state index contributed by atoms with van der Waals surface area (Å²) >= 11 is 9.27. The van der Waals surface area contributed by atoms with Crippen LogP contribution in [0.5, 0.6) is 0 Å². The van der Waals surface area contributed by atoms with Gasteiger partial charge in [-0.05, 0) is 40.8 Å². The number of rotatable bonds is 3. The summed E-state index contributed by atoms with van der Waals surface area (Å²) in [6.45, 7) is 5.23. The molecule has 0 aromatic carbocycles. The van der Waals surface area contributed by atoms with Crippen molar-refractivity contribution in [1.29, 1.82) is 0 Å². The Hall–Kier alpha value is -0.320. The van der Waals surface area contributed by atoms with Crippen molar-refractivity contribution in [2.75, 3.05) is 11.9 Å². The van der Waals surface area contributed by atoms with E-state index in [-0.39, 0.29) is 0 Å². The lowest BCUT2D eigenvalue weighted by atomic mass is 9.95. The molecule has 1 aliphatic heterocycles. The Labute approximate surface area is 121 Å². The van der Waals surface area contributed by atoms with E-state index in [1.165, 1.54) is 0 Å². The Morgan fingerprint density at radius 3 is 3.00 bits per heavy atom. The van der Waals surface area contributed by atoms with Crippen LogP contribution in [-0.4, -0.2) is 23.7 Å². The van der Waals surface area contributed by atoms with Gasteiger partial charge in [-0.25, -0.2) is 4.98 Å². The van der Waals surface area contributed by atoms with E-state index in [0.29, 0.717) is 23.2 Å². The highest BCUT2D eigenvalue weighted by atomic mass is 79.9. The summed E-state index contributed by atoms with van der Waals surface area (Å²) in [6.07, 6.45) is 4.19. The lowest BCUT2D eigenvalue weighted by Crippen LogP contribution is -2.36. The molecular weight excluding hydrogens is 316 g/mol. The summed E-state index contributed by atoms with van der Waals surface area (Å²) in [4.78, 5) is 4.12. The van der Waals surface area contributed by atoms with Crippen molar-refractivity contribution in [3.05, 3.63) is 21.9 Å². The van der Waals surface area contributed by atoms with Gasteiger partial charge in [-0.2, -0.15) is 0 Å². The van der Waals surface area contributed by atoms with E-state index >= 15 is 0 Å². The number of nitrogens with zero attached hydrogens (tertiary/aromatic N) is 1. The monoisotopic (exact) mass is 332 g/mol. The van der Waals surface area contributed by atoms with Gasteiger partial charge in [0, 0.05) is 12.6 Å². The number of pyridine rings is 1. The molecule has 0 aliphatic carbocycles. The molecule has 2 unspecified atom stereocenters. The number of ether oxygens (including phenoxy) is 1. The molecule has 0 radical (unpaired) electrons. The minimum absolute atomic E-state index is 0.347. The molecule has 0 amide bonds. The second-order valence-electron chi connectivity index (χ2n) is 5.02. The summed E-state index contributed by atoms with van der Waals surface area (Å²) < 4.78 is 6.59. The molecule has 2 heterocycles. The normalized spacial score (nSPS) is 24.3. The highest BCUT2D eigenvalue weighted by Crippen LogP contribution is 2.26. The van der Waals surface area contributed by atoms with Crippen LogP contribution in [0.15, 0.2) is 16.7 Å². The lowest BCUT2D eigenvalue weighted by Gasteiger charge is -2.32. The lowest BCUT2D eigenvalue weighted by molar-refractivity contribution is -0.0160. The first-order chi connectivity index (χ1) is 8.56. The molecule has 1 aromatic rings. The number of halogens is 2. The summed E-state index contributed by atoms with van der Waals surface area (Å²) in [6, 6.07) is 2.41. The molecule has 1 fully saturated rings. The minimum atomic E-state index is 0.347. The summed E-state index contributed by atoms with van der Waals surface area (Å²) in [7, 11) is 0. The first kappa shape index (κ1) is 14.1. The fourth-order valence-electron chi connectivity index (χ4n) is 2.16. The molecule has 0 bridgehead atoms. The molecule has 18 heavy (non-hydrogen) atoms. The second-order valence-corrected chi connectivity index (χ2v) is 6.23. The zero-order valence-corrected chi connectivity index (χ0v) is 13.0. The van der Waals surface area contributed by atoms with Crippen LogP contribution in [0.2, 0.25) is 5.15 Å². The molecular formula is C13H18BrClN2O. The van der Waals surface area contributed by atoms with Gasteiger partial charge in [0.25, 0.3) is 0 Å². The predicted octanol–water partition coefficient (Wildman–Crippen LogP) is 4.11. The van der Waals surface area contributed by atoms with Crippen LogP contribution in [0.4, 0.5) is 5.69 Å². The number of anilines is 1. The largest absolute Gasteiger partial charge is 0.381 e. The number of hydrogen-bond acceptors (Lipinski definition) is 3. The fraction of sp³-hybridized carbons (Fsp3) is 0.615. The number of hydrogen-bond donors (Lipinski definition) is 1. The van der Waals surface area contributed by atoms with Crippen LogP contribution in [-0.2, 0) is 4.74 Å². The Kier molecular flexibility index (Phi) is 4.87.